The number of hydrogen-bond donors (Lipinski definition) is 0. The molecule has 3 aromatic rings. The Kier molecular flexibility index (Phi) is 5.14. The predicted molar refractivity (Wildman–Crippen MR) is 112 cm³/mol. The number of nitrogens with zero attached hydrogens (tertiary/aromatic N) is 3. The van der Waals surface area contributed by atoms with Crippen molar-refractivity contribution < 1.29 is 4.79 Å². The van der Waals surface area contributed by atoms with E-state index in [0.717, 1.165) is 41.1 Å². The molecule has 1 aliphatic heterocycles. The maximum absolute atomic E-state index is 13.1. The lowest BCUT2D eigenvalue weighted by Crippen LogP contribution is -2.45. The summed E-state index contributed by atoms with van der Waals surface area (Å²) in [6.07, 6.45) is 5.76. The molecule has 0 N–H and O–H groups in total. The maximum atomic E-state index is 13.1. The first kappa shape index (κ1) is 18.4. The Morgan fingerprint density at radius 1 is 1.33 bits per heavy atom. The van der Waals surface area contributed by atoms with Gasteiger partial charge in [-0.2, -0.15) is 0 Å². The van der Waals surface area contributed by atoms with E-state index in [2.05, 4.69) is 24.9 Å². The van der Waals surface area contributed by atoms with Gasteiger partial charge in [-0.1, -0.05) is 6.92 Å². The second kappa shape index (κ2) is 7.56. The molecule has 1 atom stereocenters. The van der Waals surface area contributed by atoms with Crippen LogP contribution in [0.25, 0.3) is 20.7 Å². The summed E-state index contributed by atoms with van der Waals surface area (Å²) in [4.78, 5) is 35.4. The zero-order valence-corrected chi connectivity index (χ0v) is 17.2. The number of rotatable bonds is 4. The van der Waals surface area contributed by atoms with Crippen LogP contribution in [0.1, 0.15) is 37.5 Å². The molecule has 1 aliphatic rings. The highest BCUT2D eigenvalue weighted by Crippen LogP contribution is 2.34. The molecule has 0 saturated carbocycles. The Morgan fingerprint density at radius 2 is 2.19 bits per heavy atom. The van der Waals surface area contributed by atoms with Gasteiger partial charge < -0.3 is 4.90 Å². The normalized spacial score (nSPS) is 17.6. The highest BCUT2D eigenvalue weighted by Gasteiger charge is 2.26. The quantitative estimate of drug-likeness (QED) is 0.655. The van der Waals surface area contributed by atoms with Crippen LogP contribution >= 0.6 is 22.7 Å². The van der Waals surface area contributed by atoms with Crippen molar-refractivity contribution >= 4 is 38.8 Å². The fraction of sp³-hybridized carbons (Fsp3) is 0.450. The Bertz CT molecular complexity index is 1030. The van der Waals surface area contributed by atoms with Crippen LogP contribution in [0.4, 0.5) is 0 Å². The van der Waals surface area contributed by atoms with Crippen molar-refractivity contribution in [2.24, 2.45) is 0 Å². The van der Waals surface area contributed by atoms with Crippen molar-refractivity contribution in [2.45, 2.75) is 52.1 Å². The van der Waals surface area contributed by atoms with Gasteiger partial charge in [-0.3, -0.25) is 14.2 Å². The molecule has 0 aliphatic carbocycles. The van der Waals surface area contributed by atoms with E-state index >= 15 is 0 Å². The molecule has 0 spiro atoms. The van der Waals surface area contributed by atoms with Gasteiger partial charge in [0.15, 0.2) is 0 Å². The van der Waals surface area contributed by atoms with E-state index in [0.29, 0.717) is 11.4 Å². The van der Waals surface area contributed by atoms with Gasteiger partial charge >= 0.3 is 0 Å². The van der Waals surface area contributed by atoms with Gasteiger partial charge in [0.2, 0.25) is 5.91 Å². The minimum absolute atomic E-state index is 0.0218. The number of amides is 1. The van der Waals surface area contributed by atoms with Crippen molar-refractivity contribution in [1.82, 2.24) is 14.5 Å². The minimum atomic E-state index is -0.124. The van der Waals surface area contributed by atoms with E-state index in [1.54, 1.807) is 11.3 Å². The van der Waals surface area contributed by atoms with Crippen molar-refractivity contribution in [3.05, 3.63) is 39.1 Å². The van der Waals surface area contributed by atoms with Gasteiger partial charge in [-0.15, -0.1) is 22.7 Å². The van der Waals surface area contributed by atoms with Crippen LogP contribution in [0, 0.1) is 6.92 Å². The largest absolute Gasteiger partial charge is 0.338 e. The van der Waals surface area contributed by atoms with Gasteiger partial charge in [-0.05, 0) is 44.7 Å². The summed E-state index contributed by atoms with van der Waals surface area (Å²) < 4.78 is 1.47. The summed E-state index contributed by atoms with van der Waals surface area (Å²) in [6.45, 7) is 5.04. The summed E-state index contributed by atoms with van der Waals surface area (Å²) in [5, 5.41) is 2.62. The first-order chi connectivity index (χ1) is 13.1. The van der Waals surface area contributed by atoms with Gasteiger partial charge in [0.25, 0.3) is 5.56 Å². The summed E-state index contributed by atoms with van der Waals surface area (Å²) in [6, 6.07) is 4.40. The first-order valence-electron chi connectivity index (χ1n) is 9.41. The number of carbonyl (C=O) groups excluding carboxylic acids is 1. The summed E-state index contributed by atoms with van der Waals surface area (Å²) in [5.74, 6) is 0.0218. The van der Waals surface area contributed by atoms with Crippen molar-refractivity contribution in [1.29, 1.82) is 0 Å². The van der Waals surface area contributed by atoms with Crippen LogP contribution in [-0.4, -0.2) is 32.9 Å². The van der Waals surface area contributed by atoms with E-state index in [4.69, 9.17) is 0 Å². The Balaban J connectivity index is 1.67. The Labute approximate surface area is 166 Å². The summed E-state index contributed by atoms with van der Waals surface area (Å²) in [7, 11) is 0. The molecule has 3 aromatic heterocycles. The lowest BCUT2D eigenvalue weighted by molar-refractivity contribution is -0.135. The number of aromatic nitrogens is 2. The number of thiophene rings is 2. The van der Waals surface area contributed by atoms with Crippen LogP contribution in [-0.2, 0) is 11.3 Å². The van der Waals surface area contributed by atoms with Gasteiger partial charge in [0.1, 0.15) is 11.4 Å². The molecule has 1 amide bonds. The van der Waals surface area contributed by atoms with Gasteiger partial charge in [-0.25, -0.2) is 4.98 Å². The van der Waals surface area contributed by atoms with E-state index in [-0.39, 0.29) is 18.0 Å². The average molecular weight is 402 g/mol. The fourth-order valence-corrected chi connectivity index (χ4v) is 5.69. The van der Waals surface area contributed by atoms with E-state index < -0.39 is 0 Å². The monoisotopic (exact) mass is 401 g/mol. The number of piperidine rings is 1. The molecule has 0 bridgehead atoms. The van der Waals surface area contributed by atoms with Crippen molar-refractivity contribution in [3.63, 3.8) is 0 Å². The second-order valence-corrected chi connectivity index (χ2v) is 9.21. The van der Waals surface area contributed by atoms with Crippen LogP contribution in [0.3, 0.4) is 0 Å². The third-order valence-corrected chi connectivity index (χ3v) is 7.21. The summed E-state index contributed by atoms with van der Waals surface area (Å²) >= 11 is 3.15. The van der Waals surface area contributed by atoms with Gasteiger partial charge in [0, 0.05) is 33.3 Å². The number of fused-ring (bicyclic) bond motifs is 1. The third kappa shape index (κ3) is 3.46. The van der Waals surface area contributed by atoms with Crippen LogP contribution < -0.4 is 5.56 Å². The SMILES string of the molecule is CC[C@H]1CCCCN1C(=O)Cn1cnc2scc(-c3ccc(C)s3)c2c1=O. The predicted octanol–water partition coefficient (Wildman–Crippen LogP) is 4.29. The van der Waals surface area contributed by atoms with Crippen LogP contribution in [0.2, 0.25) is 0 Å². The molecule has 1 saturated heterocycles. The molecule has 1 fully saturated rings. The minimum Gasteiger partial charge on any atom is -0.338 e. The molecule has 142 valence electrons. The zero-order chi connectivity index (χ0) is 19.0. The van der Waals surface area contributed by atoms with E-state index in [9.17, 15) is 9.59 Å². The number of likely N-dealkylation sites (tertiary alicyclic amines) is 1. The zero-order valence-electron chi connectivity index (χ0n) is 15.6. The first-order valence-corrected chi connectivity index (χ1v) is 11.1. The molecule has 0 radical (unpaired) electrons. The van der Waals surface area contributed by atoms with Crippen LogP contribution in [0.15, 0.2) is 28.6 Å². The molecule has 0 unspecified atom stereocenters. The Hall–Kier alpha value is -1.99. The summed E-state index contributed by atoms with van der Waals surface area (Å²) in [5.41, 5.74) is 0.803. The third-order valence-electron chi connectivity index (χ3n) is 5.29. The Morgan fingerprint density at radius 3 is 2.93 bits per heavy atom. The van der Waals surface area contributed by atoms with Crippen molar-refractivity contribution in [2.75, 3.05) is 6.54 Å². The molecule has 27 heavy (non-hydrogen) atoms. The highest BCUT2D eigenvalue weighted by atomic mass is 32.1. The van der Waals surface area contributed by atoms with E-state index in [1.165, 1.54) is 33.5 Å². The smallest absolute Gasteiger partial charge is 0.263 e. The topological polar surface area (TPSA) is 55.2 Å². The number of hydrogen-bond acceptors (Lipinski definition) is 5. The molecule has 5 nitrogen and oxygen atoms in total. The molecular weight excluding hydrogens is 378 g/mol. The highest BCUT2D eigenvalue weighted by molar-refractivity contribution is 7.19. The van der Waals surface area contributed by atoms with Crippen molar-refractivity contribution in [3.8, 4) is 10.4 Å². The standard InChI is InChI=1S/C20H23N3O2S2/c1-3-14-6-4-5-9-23(14)17(24)10-22-12-21-19-18(20(22)25)15(11-26-19)16-8-7-13(2)27-16/h7-8,11-12,14H,3-6,9-10H2,1-2H3/t14-/m0/s1. The molecule has 7 heteroatoms. The van der Waals surface area contributed by atoms with Crippen LogP contribution in [0.5, 0.6) is 0 Å². The maximum Gasteiger partial charge on any atom is 0.263 e. The van der Waals surface area contributed by atoms with E-state index in [1.807, 2.05) is 16.3 Å². The average Bonchev–Trinajstić information content (AvgIpc) is 3.30. The molecule has 4 rings (SSSR count). The number of carbonyl (C=O) groups is 1. The molecule has 4 heterocycles. The molecule has 0 aromatic carbocycles. The lowest BCUT2D eigenvalue weighted by atomic mass is 10.00. The van der Waals surface area contributed by atoms with Gasteiger partial charge in [0.05, 0.1) is 11.7 Å². The lowest BCUT2D eigenvalue weighted by Gasteiger charge is -2.35. The fourth-order valence-electron chi connectivity index (χ4n) is 3.83. The molecular formula is C20H23N3O2S2. The second-order valence-electron chi connectivity index (χ2n) is 7.06. The number of aryl methyl sites for hydroxylation is 1.